The van der Waals surface area contributed by atoms with E-state index < -0.39 is 0 Å². The quantitative estimate of drug-likeness (QED) is 0.757. The average molecular weight is 251 g/mol. The van der Waals surface area contributed by atoms with E-state index in [0.29, 0.717) is 14.5 Å². The summed E-state index contributed by atoms with van der Waals surface area (Å²) in [4.78, 5) is 8.86. The Morgan fingerprint density at radius 1 is 1.14 bits per heavy atom. The molecule has 2 nitrogen and oxygen atoms in total. The van der Waals surface area contributed by atoms with Gasteiger partial charge in [0, 0.05) is 0 Å². The molecule has 0 N–H and O–H groups in total. The van der Waals surface area contributed by atoms with E-state index in [1.165, 1.54) is 10.1 Å². The van der Waals surface area contributed by atoms with Crippen LogP contribution in [0.4, 0.5) is 5.82 Å². The topological polar surface area (TPSA) is 16.1 Å². The summed E-state index contributed by atoms with van der Waals surface area (Å²) in [5.74, 6) is 1.09. The Bertz CT molecular complexity index is 406. The van der Waals surface area contributed by atoms with Crippen molar-refractivity contribution in [2.24, 2.45) is 0 Å². The molecule has 72 valence electrons. The van der Waals surface area contributed by atoms with Crippen molar-refractivity contribution < 1.29 is 0 Å². The van der Waals surface area contributed by atoms with E-state index in [0.717, 1.165) is 5.82 Å². The molecule has 0 fully saturated rings. The Balaban J connectivity index is 2.34. The van der Waals surface area contributed by atoms with Gasteiger partial charge in [0.05, 0.1) is 0 Å². The van der Waals surface area contributed by atoms with Gasteiger partial charge in [0.2, 0.25) is 0 Å². The predicted molar refractivity (Wildman–Crippen MR) is 60.9 cm³/mol. The molecule has 0 aliphatic rings. The van der Waals surface area contributed by atoms with Crippen LogP contribution in [0, 0.1) is 0 Å². The summed E-state index contributed by atoms with van der Waals surface area (Å²) >= 11 is 0.390. The molecule has 2 aromatic rings. The van der Waals surface area contributed by atoms with Crippen molar-refractivity contribution in [3.63, 3.8) is 0 Å². The number of aromatic nitrogens is 1. The molecule has 0 atom stereocenters. The molecule has 14 heavy (non-hydrogen) atoms. The minimum atomic E-state index is 0.390. The van der Waals surface area contributed by atoms with E-state index in [-0.39, 0.29) is 0 Å². The van der Waals surface area contributed by atoms with Crippen molar-refractivity contribution in [2.45, 2.75) is 0 Å². The molecule has 0 spiro atoms. The van der Waals surface area contributed by atoms with Gasteiger partial charge < -0.3 is 0 Å². The fraction of sp³-hybridized carbons (Fsp3) is 0.182. The summed E-state index contributed by atoms with van der Waals surface area (Å²) in [5, 5.41) is 0. The van der Waals surface area contributed by atoms with Crippen LogP contribution in [0.15, 0.2) is 35.3 Å². The van der Waals surface area contributed by atoms with Gasteiger partial charge in [-0.1, -0.05) is 0 Å². The summed E-state index contributed by atoms with van der Waals surface area (Å²) in [7, 11) is 4.05. The van der Waals surface area contributed by atoms with Crippen LogP contribution in [0.1, 0.15) is 0 Å². The first-order chi connectivity index (χ1) is 6.77. The summed E-state index contributed by atoms with van der Waals surface area (Å²) in [6, 6.07) is 10.4. The summed E-state index contributed by atoms with van der Waals surface area (Å²) < 4.78 is 1.22. The zero-order valence-corrected chi connectivity index (χ0v) is 9.98. The zero-order valence-electron chi connectivity index (χ0n) is 8.27. The Morgan fingerprint density at radius 2 is 1.86 bits per heavy atom. The van der Waals surface area contributed by atoms with Crippen molar-refractivity contribution in [2.75, 3.05) is 19.0 Å². The molecule has 0 bridgehead atoms. The van der Waals surface area contributed by atoms with Gasteiger partial charge in [-0.2, -0.15) is 0 Å². The van der Waals surface area contributed by atoms with Crippen molar-refractivity contribution in [1.29, 1.82) is 0 Å². The third-order valence-corrected chi connectivity index (χ3v) is 3.82. The van der Waals surface area contributed by atoms with Crippen LogP contribution < -0.4 is 4.90 Å². The molecule has 1 heterocycles. The Labute approximate surface area is 90.0 Å². The number of hydrogen-bond acceptors (Lipinski definition) is 2. The van der Waals surface area contributed by atoms with Crippen molar-refractivity contribution >= 4 is 20.3 Å². The second kappa shape index (κ2) is 3.99. The molecule has 2 rings (SSSR count). The van der Waals surface area contributed by atoms with Crippen molar-refractivity contribution in [1.82, 2.24) is 4.98 Å². The van der Waals surface area contributed by atoms with Crippen LogP contribution in [-0.2, 0) is 0 Å². The zero-order chi connectivity index (χ0) is 9.97. The van der Waals surface area contributed by atoms with Crippen molar-refractivity contribution in [3.05, 3.63) is 35.3 Å². The molecule has 0 aliphatic carbocycles. The van der Waals surface area contributed by atoms with Crippen molar-refractivity contribution in [3.8, 4) is 10.1 Å². The Hall–Kier alpha value is -1.05. The second-order valence-corrected chi connectivity index (χ2v) is 5.07. The maximum absolute atomic E-state index is 4.59. The molecule has 1 aromatic carbocycles. The fourth-order valence-corrected chi connectivity index (χ4v) is 3.07. The van der Waals surface area contributed by atoms with Crippen LogP contribution in [0.2, 0.25) is 0 Å². The van der Waals surface area contributed by atoms with E-state index in [4.69, 9.17) is 0 Å². The van der Waals surface area contributed by atoms with Gasteiger partial charge in [0.15, 0.2) is 0 Å². The van der Waals surface area contributed by atoms with Gasteiger partial charge >= 0.3 is 89.7 Å². The standard InChI is InChI=1S/C11H12N2Se/c1-13(2)10-8-14-11(12-10)9-6-4-3-5-7-9/h3-8H,1-2H3. The molecule has 0 amide bonds. The number of rotatable bonds is 2. The third kappa shape index (κ3) is 1.89. The van der Waals surface area contributed by atoms with E-state index in [1.54, 1.807) is 0 Å². The molecular weight excluding hydrogens is 239 g/mol. The van der Waals surface area contributed by atoms with Crippen LogP contribution in [0.3, 0.4) is 0 Å². The molecule has 3 heteroatoms. The SMILES string of the molecule is CN(C)c1c[se]c(-c2ccccc2)n1. The maximum atomic E-state index is 4.59. The van der Waals surface area contributed by atoms with Gasteiger partial charge in [0.25, 0.3) is 0 Å². The molecule has 1 aromatic heterocycles. The Kier molecular flexibility index (Phi) is 2.71. The summed E-state index contributed by atoms with van der Waals surface area (Å²) in [6.45, 7) is 0. The average Bonchev–Trinajstić information content (AvgIpc) is 2.68. The minimum absolute atomic E-state index is 0.390. The van der Waals surface area contributed by atoms with E-state index >= 15 is 0 Å². The summed E-state index contributed by atoms with van der Waals surface area (Å²) in [6.07, 6.45) is 0. The molecule has 0 unspecified atom stereocenters. The first-order valence-corrected chi connectivity index (χ1v) is 6.30. The molecule has 0 radical (unpaired) electrons. The number of nitrogens with zero attached hydrogens (tertiary/aromatic N) is 2. The summed E-state index contributed by atoms with van der Waals surface area (Å²) in [5.41, 5.74) is 1.25. The third-order valence-electron chi connectivity index (χ3n) is 1.97. The van der Waals surface area contributed by atoms with Gasteiger partial charge in [-0.3, -0.25) is 0 Å². The van der Waals surface area contributed by atoms with Crippen LogP contribution in [0.5, 0.6) is 0 Å². The van der Waals surface area contributed by atoms with E-state index in [9.17, 15) is 0 Å². The molecule has 0 saturated carbocycles. The monoisotopic (exact) mass is 252 g/mol. The van der Waals surface area contributed by atoms with Gasteiger partial charge in [-0.25, -0.2) is 0 Å². The Morgan fingerprint density at radius 3 is 2.43 bits per heavy atom. The fourth-order valence-electron chi connectivity index (χ4n) is 1.18. The van der Waals surface area contributed by atoms with Gasteiger partial charge in [-0.05, 0) is 0 Å². The molecule has 0 aliphatic heterocycles. The first-order valence-electron chi connectivity index (χ1n) is 4.45. The molecule has 0 saturated heterocycles. The molecular formula is C11H12N2Se. The van der Waals surface area contributed by atoms with E-state index in [2.05, 4.69) is 39.1 Å². The predicted octanol–water partition coefficient (Wildman–Crippen LogP) is 1.87. The second-order valence-electron chi connectivity index (χ2n) is 3.27. The number of hydrogen-bond donors (Lipinski definition) is 0. The number of anilines is 1. The van der Waals surface area contributed by atoms with Crippen LogP contribution in [-0.4, -0.2) is 33.6 Å². The normalized spacial score (nSPS) is 10.1. The van der Waals surface area contributed by atoms with Gasteiger partial charge in [0.1, 0.15) is 0 Å². The first kappa shape index (κ1) is 9.50. The van der Waals surface area contributed by atoms with E-state index in [1.807, 2.05) is 20.2 Å². The number of benzene rings is 1. The van der Waals surface area contributed by atoms with Crippen LogP contribution in [0.25, 0.3) is 10.1 Å². The van der Waals surface area contributed by atoms with Gasteiger partial charge in [-0.15, -0.1) is 0 Å². The van der Waals surface area contributed by atoms with Crippen LogP contribution >= 0.6 is 0 Å².